The summed E-state index contributed by atoms with van der Waals surface area (Å²) in [5, 5.41) is 2.79. The van der Waals surface area contributed by atoms with Gasteiger partial charge in [-0.1, -0.05) is 0 Å². The van der Waals surface area contributed by atoms with Gasteiger partial charge in [-0.15, -0.1) is 0 Å². The Hall–Kier alpha value is -0.650. The normalized spacial score (nSPS) is 20.5. The second kappa shape index (κ2) is 3.50. The maximum Gasteiger partial charge on any atom is 0.238 e. The van der Waals surface area contributed by atoms with Gasteiger partial charge in [-0.05, 0) is 0 Å². The number of amides is 1. The molecule has 1 amide bonds. The number of carbonyl (C=O) groups excluding carboxylic acids is 1. The molecular formula is C5H11N3O2. The van der Waals surface area contributed by atoms with Gasteiger partial charge in [-0.3, -0.25) is 4.79 Å². The topological polar surface area (TPSA) is 58.8 Å². The maximum atomic E-state index is 10.1. The van der Waals surface area contributed by atoms with Crippen LogP contribution in [-0.4, -0.2) is 42.8 Å². The second-order valence-electron chi connectivity index (χ2n) is 2.05. The van der Waals surface area contributed by atoms with Crippen molar-refractivity contribution >= 4 is 6.41 Å². The van der Waals surface area contributed by atoms with Crippen molar-refractivity contribution in [1.29, 1.82) is 0 Å². The SMILES string of the molecule is NN(C=O)N1CCOCC1. The van der Waals surface area contributed by atoms with E-state index in [2.05, 4.69) is 0 Å². The van der Waals surface area contributed by atoms with Crippen molar-refractivity contribution in [3.8, 4) is 0 Å². The highest BCUT2D eigenvalue weighted by Crippen LogP contribution is 1.95. The van der Waals surface area contributed by atoms with Crippen LogP contribution in [0.5, 0.6) is 0 Å². The van der Waals surface area contributed by atoms with Gasteiger partial charge in [0.15, 0.2) is 0 Å². The molecule has 0 aliphatic carbocycles. The summed E-state index contributed by atoms with van der Waals surface area (Å²) in [5.74, 6) is 5.28. The first-order valence-corrected chi connectivity index (χ1v) is 3.16. The molecule has 1 fully saturated rings. The smallest absolute Gasteiger partial charge is 0.238 e. The molecule has 0 aromatic carbocycles. The number of hydrazine groups is 2. The van der Waals surface area contributed by atoms with E-state index in [-0.39, 0.29) is 0 Å². The lowest BCUT2D eigenvalue weighted by atomic mass is 10.5. The van der Waals surface area contributed by atoms with Crippen LogP contribution in [0.25, 0.3) is 0 Å². The molecule has 1 aliphatic heterocycles. The van der Waals surface area contributed by atoms with Gasteiger partial charge in [0.25, 0.3) is 0 Å². The van der Waals surface area contributed by atoms with E-state index < -0.39 is 0 Å². The predicted molar refractivity (Wildman–Crippen MR) is 34.5 cm³/mol. The number of nitrogens with two attached hydrogens (primary N) is 1. The Kier molecular flexibility index (Phi) is 2.61. The van der Waals surface area contributed by atoms with Gasteiger partial charge in [0.05, 0.1) is 13.2 Å². The lowest BCUT2D eigenvalue weighted by molar-refractivity contribution is -0.143. The van der Waals surface area contributed by atoms with Crippen LogP contribution >= 0.6 is 0 Å². The van der Waals surface area contributed by atoms with Crippen LogP contribution in [0, 0.1) is 0 Å². The van der Waals surface area contributed by atoms with E-state index in [0.717, 1.165) is 5.12 Å². The first-order chi connectivity index (χ1) is 4.84. The van der Waals surface area contributed by atoms with Crippen molar-refractivity contribution in [1.82, 2.24) is 10.1 Å². The monoisotopic (exact) mass is 145 g/mol. The molecule has 1 rings (SSSR count). The summed E-state index contributed by atoms with van der Waals surface area (Å²) in [6.07, 6.45) is 0.589. The first-order valence-electron chi connectivity index (χ1n) is 3.16. The zero-order valence-electron chi connectivity index (χ0n) is 5.69. The van der Waals surface area contributed by atoms with Crippen molar-refractivity contribution < 1.29 is 9.53 Å². The van der Waals surface area contributed by atoms with Gasteiger partial charge in [-0.25, -0.2) is 11.0 Å². The summed E-state index contributed by atoms with van der Waals surface area (Å²) in [4.78, 5) is 10.1. The standard InChI is InChI=1S/C5H11N3O2/c6-8(5-9)7-1-3-10-4-2-7/h5H,1-4,6H2. The van der Waals surface area contributed by atoms with Crippen molar-refractivity contribution in [2.45, 2.75) is 0 Å². The Labute approximate surface area is 59.3 Å². The summed E-state index contributed by atoms with van der Waals surface area (Å²) in [6, 6.07) is 0. The minimum absolute atomic E-state index is 0.589. The van der Waals surface area contributed by atoms with E-state index >= 15 is 0 Å². The minimum Gasteiger partial charge on any atom is -0.379 e. The third-order valence-corrected chi connectivity index (χ3v) is 1.42. The van der Waals surface area contributed by atoms with Gasteiger partial charge in [0.1, 0.15) is 0 Å². The Bertz CT molecular complexity index is 113. The van der Waals surface area contributed by atoms with Crippen LogP contribution in [0.15, 0.2) is 0 Å². The number of morpholine rings is 1. The molecule has 5 nitrogen and oxygen atoms in total. The van der Waals surface area contributed by atoms with Crippen LogP contribution in [0.4, 0.5) is 0 Å². The first kappa shape index (κ1) is 7.46. The fraction of sp³-hybridized carbons (Fsp3) is 0.800. The Morgan fingerprint density at radius 2 is 2.10 bits per heavy atom. The minimum atomic E-state index is 0.589. The van der Waals surface area contributed by atoms with E-state index in [9.17, 15) is 4.79 Å². The van der Waals surface area contributed by atoms with Crippen molar-refractivity contribution in [3.63, 3.8) is 0 Å². The number of hydrogen-bond acceptors (Lipinski definition) is 4. The van der Waals surface area contributed by atoms with E-state index in [0.29, 0.717) is 32.7 Å². The summed E-state index contributed by atoms with van der Waals surface area (Å²) in [7, 11) is 0. The molecule has 0 unspecified atom stereocenters. The van der Waals surface area contributed by atoms with E-state index in [1.165, 1.54) is 0 Å². The molecule has 0 saturated carbocycles. The summed E-state index contributed by atoms with van der Waals surface area (Å²) in [5.41, 5.74) is 0. The molecule has 1 saturated heterocycles. The van der Waals surface area contributed by atoms with Crippen molar-refractivity contribution in [2.75, 3.05) is 26.3 Å². The predicted octanol–water partition coefficient (Wildman–Crippen LogP) is -1.43. The van der Waals surface area contributed by atoms with Gasteiger partial charge < -0.3 is 4.74 Å². The molecule has 10 heavy (non-hydrogen) atoms. The molecule has 58 valence electrons. The lowest BCUT2D eigenvalue weighted by Gasteiger charge is -2.30. The zero-order valence-corrected chi connectivity index (χ0v) is 5.69. The van der Waals surface area contributed by atoms with Crippen molar-refractivity contribution in [3.05, 3.63) is 0 Å². The third-order valence-electron chi connectivity index (χ3n) is 1.42. The molecule has 5 heteroatoms. The Morgan fingerprint density at radius 3 is 2.60 bits per heavy atom. The van der Waals surface area contributed by atoms with Crippen LogP contribution in [0.3, 0.4) is 0 Å². The molecule has 0 aromatic heterocycles. The zero-order chi connectivity index (χ0) is 7.40. The van der Waals surface area contributed by atoms with Gasteiger partial charge in [0.2, 0.25) is 6.41 Å². The molecule has 0 bridgehead atoms. The van der Waals surface area contributed by atoms with Crippen molar-refractivity contribution in [2.24, 2.45) is 5.84 Å². The number of carbonyl (C=O) groups is 1. The number of rotatable bonds is 2. The number of hydrogen-bond donors (Lipinski definition) is 1. The summed E-state index contributed by atoms with van der Waals surface area (Å²) >= 11 is 0. The van der Waals surface area contributed by atoms with Crippen LogP contribution < -0.4 is 5.84 Å². The van der Waals surface area contributed by atoms with Gasteiger partial charge in [0, 0.05) is 13.1 Å². The summed E-state index contributed by atoms with van der Waals surface area (Å²) in [6.45, 7) is 2.66. The average Bonchev–Trinajstić information content (AvgIpc) is 2.05. The molecule has 0 aromatic rings. The van der Waals surface area contributed by atoms with E-state index in [4.69, 9.17) is 10.6 Å². The average molecular weight is 145 g/mol. The van der Waals surface area contributed by atoms with Gasteiger partial charge in [-0.2, -0.15) is 5.01 Å². The van der Waals surface area contributed by atoms with E-state index in [1.54, 1.807) is 5.01 Å². The highest BCUT2D eigenvalue weighted by atomic mass is 16.5. The van der Waals surface area contributed by atoms with Crippen LogP contribution in [-0.2, 0) is 9.53 Å². The number of nitrogens with zero attached hydrogens (tertiary/aromatic N) is 2. The van der Waals surface area contributed by atoms with Crippen LogP contribution in [0.1, 0.15) is 0 Å². The second-order valence-corrected chi connectivity index (χ2v) is 2.05. The summed E-state index contributed by atoms with van der Waals surface area (Å²) < 4.78 is 5.05. The molecule has 1 heterocycles. The highest BCUT2D eigenvalue weighted by Gasteiger charge is 2.13. The fourth-order valence-corrected chi connectivity index (χ4v) is 0.851. The third kappa shape index (κ3) is 1.66. The fourth-order valence-electron chi connectivity index (χ4n) is 0.851. The maximum absolute atomic E-state index is 10.1. The Morgan fingerprint density at radius 1 is 1.50 bits per heavy atom. The highest BCUT2D eigenvalue weighted by molar-refractivity contribution is 5.44. The largest absolute Gasteiger partial charge is 0.379 e. The quantitative estimate of drug-likeness (QED) is 0.224. The molecule has 0 spiro atoms. The molecule has 2 N–H and O–H groups in total. The molecular weight excluding hydrogens is 134 g/mol. The molecule has 0 radical (unpaired) electrons. The van der Waals surface area contributed by atoms with Gasteiger partial charge >= 0.3 is 0 Å². The van der Waals surface area contributed by atoms with Crippen LogP contribution in [0.2, 0.25) is 0 Å². The molecule has 0 atom stereocenters. The Balaban J connectivity index is 2.30. The van der Waals surface area contributed by atoms with E-state index in [1.807, 2.05) is 0 Å². The lowest BCUT2D eigenvalue weighted by Crippen LogP contribution is -2.51. The number of ether oxygens (including phenoxy) is 1. The molecule has 1 aliphatic rings.